The Balaban J connectivity index is 1.81. The first-order valence-corrected chi connectivity index (χ1v) is 5.98. The molecule has 1 aromatic carbocycles. The molecule has 0 saturated carbocycles. The fourth-order valence-electron chi connectivity index (χ4n) is 1.91. The Morgan fingerprint density at radius 1 is 1.12 bits per heavy atom. The largest absolute Gasteiger partial charge is 0.294 e. The molecular weight excluding hydrogens is 198 g/mol. The van der Waals surface area contributed by atoms with Crippen molar-refractivity contribution in [3.8, 4) is 0 Å². The number of hydrogen-bond donors (Lipinski definition) is 0. The van der Waals surface area contributed by atoms with E-state index in [0.717, 1.165) is 18.7 Å². The number of rotatable bonds is 4. The lowest BCUT2D eigenvalue weighted by Gasteiger charge is -2.25. The van der Waals surface area contributed by atoms with Crippen LogP contribution in [0.5, 0.6) is 0 Å². The zero-order valence-electron chi connectivity index (χ0n) is 9.69. The molecule has 0 aliphatic carbocycles. The minimum absolute atomic E-state index is 0.678. The Hall–Kier alpha value is -1.12. The Kier molecular flexibility index (Phi) is 4.14. The fraction of sp³-hybridized carbons (Fsp3) is 0.429. The highest BCUT2D eigenvalue weighted by atomic mass is 16.7. The first kappa shape index (κ1) is 11.4. The molecule has 0 spiro atoms. The van der Waals surface area contributed by atoms with Crippen molar-refractivity contribution in [3.05, 3.63) is 42.0 Å². The molecule has 0 N–H and O–H groups in total. The third-order valence-corrected chi connectivity index (χ3v) is 2.94. The molecule has 1 heterocycles. The van der Waals surface area contributed by atoms with Gasteiger partial charge in [0, 0.05) is 13.1 Å². The summed E-state index contributed by atoms with van der Waals surface area (Å²) >= 11 is 0. The van der Waals surface area contributed by atoms with E-state index in [9.17, 15) is 0 Å². The van der Waals surface area contributed by atoms with Crippen molar-refractivity contribution in [2.24, 2.45) is 0 Å². The van der Waals surface area contributed by atoms with Crippen LogP contribution in [-0.4, -0.2) is 18.2 Å². The van der Waals surface area contributed by atoms with Gasteiger partial charge in [0.2, 0.25) is 0 Å². The van der Waals surface area contributed by atoms with Gasteiger partial charge in [-0.2, -0.15) is 5.06 Å². The lowest BCUT2D eigenvalue weighted by molar-refractivity contribution is -0.178. The number of nitrogens with zero attached hydrogens (tertiary/aromatic N) is 1. The summed E-state index contributed by atoms with van der Waals surface area (Å²) < 4.78 is 0. The van der Waals surface area contributed by atoms with E-state index in [0.29, 0.717) is 6.61 Å². The van der Waals surface area contributed by atoms with Gasteiger partial charge in [-0.3, -0.25) is 4.84 Å². The molecule has 2 rings (SSSR count). The number of hydrogen-bond acceptors (Lipinski definition) is 2. The van der Waals surface area contributed by atoms with Gasteiger partial charge in [0.15, 0.2) is 0 Å². The molecule has 2 nitrogen and oxygen atoms in total. The monoisotopic (exact) mass is 217 g/mol. The van der Waals surface area contributed by atoms with Crippen molar-refractivity contribution in [2.75, 3.05) is 13.1 Å². The van der Waals surface area contributed by atoms with Crippen LogP contribution in [0.2, 0.25) is 0 Å². The summed E-state index contributed by atoms with van der Waals surface area (Å²) in [6.07, 6.45) is 5.72. The Morgan fingerprint density at radius 3 is 2.44 bits per heavy atom. The molecular formula is C14H19NO. The second kappa shape index (κ2) is 5.83. The van der Waals surface area contributed by atoms with Crippen molar-refractivity contribution in [3.63, 3.8) is 0 Å². The summed E-state index contributed by atoms with van der Waals surface area (Å²) in [6, 6.07) is 8.34. The minimum Gasteiger partial charge on any atom is -0.294 e. The SMILES string of the molecule is C=Cc1ccc(CON2CCCCC2)cc1. The zero-order chi connectivity index (χ0) is 11.2. The normalized spacial score (nSPS) is 17.2. The molecule has 0 aromatic heterocycles. The van der Waals surface area contributed by atoms with E-state index in [2.05, 4.69) is 35.9 Å². The molecule has 1 aliphatic heterocycles. The van der Waals surface area contributed by atoms with Crippen LogP contribution in [0.25, 0.3) is 6.08 Å². The molecule has 1 aromatic rings. The second-order valence-corrected chi connectivity index (χ2v) is 4.21. The first-order valence-electron chi connectivity index (χ1n) is 5.98. The second-order valence-electron chi connectivity index (χ2n) is 4.21. The van der Waals surface area contributed by atoms with Crippen molar-refractivity contribution < 1.29 is 4.84 Å². The average molecular weight is 217 g/mol. The topological polar surface area (TPSA) is 12.5 Å². The maximum Gasteiger partial charge on any atom is 0.0935 e. The van der Waals surface area contributed by atoms with Gasteiger partial charge >= 0.3 is 0 Å². The number of benzene rings is 1. The smallest absolute Gasteiger partial charge is 0.0935 e. The lowest BCUT2D eigenvalue weighted by Crippen LogP contribution is -2.29. The molecule has 1 saturated heterocycles. The van der Waals surface area contributed by atoms with Gasteiger partial charge in [0.1, 0.15) is 0 Å². The Labute approximate surface area is 97.5 Å². The highest BCUT2D eigenvalue weighted by Gasteiger charge is 2.10. The van der Waals surface area contributed by atoms with Gasteiger partial charge in [-0.25, -0.2) is 0 Å². The molecule has 1 aliphatic rings. The molecule has 0 radical (unpaired) electrons. The van der Waals surface area contributed by atoms with E-state index in [1.165, 1.54) is 24.8 Å². The van der Waals surface area contributed by atoms with Crippen LogP contribution in [-0.2, 0) is 11.4 Å². The van der Waals surface area contributed by atoms with E-state index in [1.807, 2.05) is 6.08 Å². The number of piperidine rings is 1. The van der Waals surface area contributed by atoms with Crippen LogP contribution < -0.4 is 0 Å². The van der Waals surface area contributed by atoms with E-state index in [-0.39, 0.29) is 0 Å². The van der Waals surface area contributed by atoms with Crippen LogP contribution >= 0.6 is 0 Å². The predicted molar refractivity (Wildman–Crippen MR) is 66.7 cm³/mol. The number of hydroxylamine groups is 2. The standard InChI is InChI=1S/C14H19NO/c1-2-13-6-8-14(9-7-13)12-16-15-10-4-3-5-11-15/h2,6-9H,1,3-5,10-12H2. The maximum atomic E-state index is 5.75. The quantitative estimate of drug-likeness (QED) is 0.767. The van der Waals surface area contributed by atoms with Gasteiger partial charge in [-0.1, -0.05) is 43.3 Å². The van der Waals surface area contributed by atoms with Gasteiger partial charge in [0.05, 0.1) is 6.61 Å². The molecule has 1 fully saturated rings. The first-order chi connectivity index (χ1) is 7.88. The van der Waals surface area contributed by atoms with Gasteiger partial charge in [-0.05, 0) is 24.0 Å². The average Bonchev–Trinajstić information content (AvgIpc) is 2.38. The van der Waals surface area contributed by atoms with E-state index < -0.39 is 0 Å². The third-order valence-electron chi connectivity index (χ3n) is 2.94. The van der Waals surface area contributed by atoms with Crippen molar-refractivity contribution in [1.82, 2.24) is 5.06 Å². The molecule has 0 unspecified atom stereocenters. The van der Waals surface area contributed by atoms with Crippen LogP contribution in [0.15, 0.2) is 30.8 Å². The van der Waals surface area contributed by atoms with E-state index >= 15 is 0 Å². The Bertz CT molecular complexity index is 325. The molecule has 16 heavy (non-hydrogen) atoms. The van der Waals surface area contributed by atoms with Crippen LogP contribution in [0.4, 0.5) is 0 Å². The highest BCUT2D eigenvalue weighted by Crippen LogP contribution is 2.12. The van der Waals surface area contributed by atoms with Gasteiger partial charge in [-0.15, -0.1) is 0 Å². The van der Waals surface area contributed by atoms with Crippen LogP contribution in [0, 0.1) is 0 Å². The highest BCUT2D eigenvalue weighted by molar-refractivity contribution is 5.47. The van der Waals surface area contributed by atoms with Gasteiger partial charge < -0.3 is 0 Å². The summed E-state index contributed by atoms with van der Waals surface area (Å²) in [6.45, 7) is 6.57. The molecule has 2 heteroatoms. The summed E-state index contributed by atoms with van der Waals surface area (Å²) in [5, 5.41) is 2.09. The fourth-order valence-corrected chi connectivity index (χ4v) is 1.91. The maximum absolute atomic E-state index is 5.75. The molecule has 0 bridgehead atoms. The molecule has 86 valence electrons. The van der Waals surface area contributed by atoms with Crippen molar-refractivity contribution in [2.45, 2.75) is 25.9 Å². The summed E-state index contributed by atoms with van der Waals surface area (Å²) in [7, 11) is 0. The molecule has 0 amide bonds. The van der Waals surface area contributed by atoms with Crippen molar-refractivity contribution in [1.29, 1.82) is 0 Å². The van der Waals surface area contributed by atoms with Gasteiger partial charge in [0.25, 0.3) is 0 Å². The molecule has 0 atom stereocenters. The summed E-state index contributed by atoms with van der Waals surface area (Å²) in [4.78, 5) is 5.75. The van der Waals surface area contributed by atoms with E-state index in [1.54, 1.807) is 0 Å². The van der Waals surface area contributed by atoms with Crippen LogP contribution in [0.3, 0.4) is 0 Å². The minimum atomic E-state index is 0.678. The summed E-state index contributed by atoms with van der Waals surface area (Å²) in [5.74, 6) is 0. The summed E-state index contributed by atoms with van der Waals surface area (Å²) in [5.41, 5.74) is 2.37. The van der Waals surface area contributed by atoms with E-state index in [4.69, 9.17) is 4.84 Å². The Morgan fingerprint density at radius 2 is 1.81 bits per heavy atom. The van der Waals surface area contributed by atoms with Crippen molar-refractivity contribution >= 4 is 6.08 Å². The predicted octanol–water partition coefficient (Wildman–Crippen LogP) is 3.25. The third kappa shape index (κ3) is 3.19. The zero-order valence-corrected chi connectivity index (χ0v) is 9.69. The van der Waals surface area contributed by atoms with Crippen LogP contribution in [0.1, 0.15) is 30.4 Å². The lowest BCUT2D eigenvalue weighted by atomic mass is 10.1.